The van der Waals surface area contributed by atoms with Crippen LogP contribution in [0.15, 0.2) is 28.7 Å². The first kappa shape index (κ1) is 19.1. The molecule has 0 spiro atoms. The molecule has 2 aromatic rings. The predicted octanol–water partition coefficient (Wildman–Crippen LogP) is 2.96. The molecule has 1 aromatic heterocycles. The van der Waals surface area contributed by atoms with E-state index in [1.54, 1.807) is 24.3 Å². The lowest BCUT2D eigenvalue weighted by Crippen LogP contribution is -2.44. The molecule has 1 aliphatic heterocycles. The quantitative estimate of drug-likeness (QED) is 0.746. The van der Waals surface area contributed by atoms with Crippen LogP contribution >= 0.6 is 0 Å². The highest BCUT2D eigenvalue weighted by Gasteiger charge is 2.30. The Morgan fingerprint density at radius 2 is 1.93 bits per heavy atom. The van der Waals surface area contributed by atoms with Gasteiger partial charge in [-0.2, -0.15) is 0 Å². The topological polar surface area (TPSA) is 81.9 Å². The molecule has 0 bridgehead atoms. The summed E-state index contributed by atoms with van der Waals surface area (Å²) in [5.74, 6) is 0.626. The van der Waals surface area contributed by atoms with Crippen LogP contribution in [0.4, 0.5) is 0 Å². The van der Waals surface area contributed by atoms with Gasteiger partial charge in [0.2, 0.25) is 5.89 Å². The molecule has 1 unspecified atom stereocenters. The van der Waals surface area contributed by atoms with E-state index in [4.69, 9.17) is 13.9 Å². The van der Waals surface area contributed by atoms with E-state index in [1.165, 1.54) is 14.2 Å². The zero-order chi connectivity index (χ0) is 19.4. The van der Waals surface area contributed by atoms with Crippen LogP contribution < -0.4 is 0 Å². The lowest BCUT2D eigenvalue weighted by Gasteiger charge is -2.33. The summed E-state index contributed by atoms with van der Waals surface area (Å²) >= 11 is 0. The number of esters is 2. The number of carbonyl (C=O) groups is 2. The van der Waals surface area contributed by atoms with Gasteiger partial charge in [0.05, 0.1) is 25.5 Å². The highest BCUT2D eigenvalue weighted by atomic mass is 16.5. The fraction of sp³-hybridized carbons (Fsp3) is 0.450. The molecular formula is C20H24N2O5. The molecule has 0 radical (unpaired) electrons. The maximum Gasteiger partial charge on any atom is 0.337 e. The SMILES string of the molecule is COC(=O)c1ccc(-c2nc(CN3CCCCC3C(=O)OC)c(C)o2)cc1. The molecule has 144 valence electrons. The smallest absolute Gasteiger partial charge is 0.337 e. The molecule has 3 rings (SSSR count). The largest absolute Gasteiger partial charge is 0.468 e. The van der Waals surface area contributed by atoms with E-state index in [-0.39, 0.29) is 18.0 Å². The zero-order valence-corrected chi connectivity index (χ0v) is 15.9. The van der Waals surface area contributed by atoms with E-state index in [2.05, 4.69) is 9.88 Å². The minimum absolute atomic E-state index is 0.200. The number of aryl methyl sites for hydroxylation is 1. The monoisotopic (exact) mass is 372 g/mol. The molecule has 1 aliphatic rings. The number of piperidine rings is 1. The van der Waals surface area contributed by atoms with Crippen molar-refractivity contribution in [3.8, 4) is 11.5 Å². The van der Waals surface area contributed by atoms with Gasteiger partial charge in [-0.1, -0.05) is 6.42 Å². The summed E-state index contributed by atoms with van der Waals surface area (Å²) in [5, 5.41) is 0. The number of likely N-dealkylation sites (tertiary alicyclic amines) is 1. The van der Waals surface area contributed by atoms with Gasteiger partial charge in [0, 0.05) is 12.1 Å². The molecule has 7 nitrogen and oxygen atoms in total. The van der Waals surface area contributed by atoms with E-state index in [0.29, 0.717) is 18.0 Å². The Bertz CT molecular complexity index is 812. The van der Waals surface area contributed by atoms with Crippen molar-refractivity contribution in [2.24, 2.45) is 0 Å². The van der Waals surface area contributed by atoms with Crippen LogP contribution in [-0.2, 0) is 20.8 Å². The highest BCUT2D eigenvalue weighted by molar-refractivity contribution is 5.89. The minimum Gasteiger partial charge on any atom is -0.468 e. The average Bonchev–Trinajstić information content (AvgIpc) is 3.07. The van der Waals surface area contributed by atoms with Crippen molar-refractivity contribution >= 4 is 11.9 Å². The van der Waals surface area contributed by atoms with Crippen LogP contribution in [0.1, 0.15) is 41.1 Å². The number of aromatic nitrogens is 1. The Morgan fingerprint density at radius 1 is 1.19 bits per heavy atom. The van der Waals surface area contributed by atoms with Gasteiger partial charge in [-0.3, -0.25) is 9.69 Å². The lowest BCUT2D eigenvalue weighted by molar-refractivity contribution is -0.148. The van der Waals surface area contributed by atoms with Crippen molar-refractivity contribution in [3.05, 3.63) is 41.3 Å². The van der Waals surface area contributed by atoms with Gasteiger partial charge in [0.25, 0.3) is 0 Å². The van der Waals surface area contributed by atoms with Gasteiger partial charge in [0.15, 0.2) is 0 Å². The second-order valence-corrected chi connectivity index (χ2v) is 6.60. The fourth-order valence-corrected chi connectivity index (χ4v) is 3.34. The normalized spacial score (nSPS) is 17.5. The van der Waals surface area contributed by atoms with Crippen molar-refractivity contribution < 1.29 is 23.5 Å². The number of hydrogen-bond donors (Lipinski definition) is 0. The molecule has 2 heterocycles. The molecule has 1 atom stereocenters. The maximum absolute atomic E-state index is 12.0. The molecule has 1 fully saturated rings. The molecule has 1 aromatic carbocycles. The number of methoxy groups -OCH3 is 2. The van der Waals surface area contributed by atoms with Gasteiger partial charge in [-0.05, 0) is 50.6 Å². The Morgan fingerprint density at radius 3 is 2.59 bits per heavy atom. The van der Waals surface area contributed by atoms with Crippen molar-refractivity contribution in [2.75, 3.05) is 20.8 Å². The first-order valence-corrected chi connectivity index (χ1v) is 9.00. The Hall–Kier alpha value is -2.67. The molecule has 0 N–H and O–H groups in total. The molecule has 0 amide bonds. The Labute approximate surface area is 158 Å². The van der Waals surface area contributed by atoms with Crippen LogP contribution in [0, 0.1) is 6.92 Å². The van der Waals surface area contributed by atoms with Gasteiger partial charge in [-0.25, -0.2) is 9.78 Å². The summed E-state index contributed by atoms with van der Waals surface area (Å²) in [6, 6.07) is 6.68. The third-order valence-corrected chi connectivity index (χ3v) is 4.89. The van der Waals surface area contributed by atoms with Crippen molar-refractivity contribution in [2.45, 2.75) is 38.8 Å². The second kappa shape index (κ2) is 8.35. The summed E-state index contributed by atoms with van der Waals surface area (Å²) in [5.41, 5.74) is 2.05. The Kier molecular flexibility index (Phi) is 5.91. The van der Waals surface area contributed by atoms with Crippen molar-refractivity contribution in [1.29, 1.82) is 0 Å². The second-order valence-electron chi connectivity index (χ2n) is 6.60. The van der Waals surface area contributed by atoms with Crippen molar-refractivity contribution in [3.63, 3.8) is 0 Å². The molecule has 1 saturated heterocycles. The number of oxazole rings is 1. The number of rotatable bonds is 5. The minimum atomic E-state index is -0.384. The van der Waals surface area contributed by atoms with Gasteiger partial charge >= 0.3 is 11.9 Å². The highest BCUT2D eigenvalue weighted by Crippen LogP contribution is 2.26. The number of carbonyl (C=O) groups excluding carboxylic acids is 2. The van der Waals surface area contributed by atoms with E-state index < -0.39 is 0 Å². The Balaban J connectivity index is 1.78. The first-order chi connectivity index (χ1) is 13.0. The summed E-state index contributed by atoms with van der Waals surface area (Å²) in [4.78, 5) is 30.3. The third kappa shape index (κ3) is 4.19. The van der Waals surface area contributed by atoms with Crippen LogP contribution in [0.5, 0.6) is 0 Å². The number of benzene rings is 1. The number of ether oxygens (including phenoxy) is 2. The van der Waals surface area contributed by atoms with Crippen LogP contribution in [0.2, 0.25) is 0 Å². The van der Waals surface area contributed by atoms with E-state index in [1.807, 2.05) is 6.92 Å². The standard InChI is InChI=1S/C20H24N2O5/c1-13-16(12-22-11-5-4-6-17(22)20(24)26-3)21-18(27-13)14-7-9-15(10-8-14)19(23)25-2/h7-10,17H,4-6,11-12H2,1-3H3. The summed E-state index contributed by atoms with van der Waals surface area (Å²) < 4.78 is 15.5. The predicted molar refractivity (Wildman–Crippen MR) is 98.1 cm³/mol. The molecule has 7 heteroatoms. The van der Waals surface area contributed by atoms with Crippen LogP contribution in [-0.4, -0.2) is 48.6 Å². The molecule has 0 saturated carbocycles. The van der Waals surface area contributed by atoms with Gasteiger partial charge in [-0.15, -0.1) is 0 Å². The molecular weight excluding hydrogens is 348 g/mol. The van der Waals surface area contributed by atoms with Crippen LogP contribution in [0.3, 0.4) is 0 Å². The summed E-state index contributed by atoms with van der Waals surface area (Å²) in [6.45, 7) is 3.23. The van der Waals surface area contributed by atoms with Crippen LogP contribution in [0.25, 0.3) is 11.5 Å². The van der Waals surface area contributed by atoms with Gasteiger partial charge < -0.3 is 13.9 Å². The lowest BCUT2D eigenvalue weighted by atomic mass is 10.0. The maximum atomic E-state index is 12.0. The number of nitrogens with zero attached hydrogens (tertiary/aromatic N) is 2. The van der Waals surface area contributed by atoms with Crippen molar-refractivity contribution in [1.82, 2.24) is 9.88 Å². The first-order valence-electron chi connectivity index (χ1n) is 9.00. The van der Waals surface area contributed by atoms with Gasteiger partial charge in [0.1, 0.15) is 11.8 Å². The molecule has 0 aliphatic carbocycles. The fourth-order valence-electron chi connectivity index (χ4n) is 3.34. The molecule has 27 heavy (non-hydrogen) atoms. The van der Waals surface area contributed by atoms with E-state index in [9.17, 15) is 9.59 Å². The third-order valence-electron chi connectivity index (χ3n) is 4.89. The zero-order valence-electron chi connectivity index (χ0n) is 15.9. The summed E-state index contributed by atoms with van der Waals surface area (Å²) in [7, 11) is 2.77. The summed E-state index contributed by atoms with van der Waals surface area (Å²) in [6.07, 6.45) is 2.86. The average molecular weight is 372 g/mol. The van der Waals surface area contributed by atoms with E-state index >= 15 is 0 Å². The van der Waals surface area contributed by atoms with E-state index in [0.717, 1.165) is 42.8 Å². The number of hydrogen-bond acceptors (Lipinski definition) is 7.